The van der Waals surface area contributed by atoms with Crippen LogP contribution in [0.4, 0.5) is 27.5 Å². The summed E-state index contributed by atoms with van der Waals surface area (Å²) in [5, 5.41) is 6.21. The minimum absolute atomic E-state index is 0.266. The van der Waals surface area contributed by atoms with Crippen LogP contribution < -0.4 is 16.4 Å². The second-order valence-electron chi connectivity index (χ2n) is 5.25. The average Bonchev–Trinajstić information content (AvgIpc) is 2.57. The molecular formula is C17H17FN6. The molecule has 122 valence electrons. The Morgan fingerprint density at radius 2 is 1.79 bits per heavy atom. The molecule has 0 aliphatic rings. The van der Waals surface area contributed by atoms with Gasteiger partial charge in [-0.2, -0.15) is 0 Å². The maximum Gasteiger partial charge on any atom is 0.160 e. The zero-order chi connectivity index (χ0) is 16.9. The third-order valence-electron chi connectivity index (χ3n) is 3.39. The number of nitrogens with two attached hydrogens (primary N) is 1. The number of rotatable bonds is 5. The van der Waals surface area contributed by atoms with Crippen molar-refractivity contribution in [2.24, 2.45) is 0 Å². The molecule has 1 aromatic carbocycles. The third kappa shape index (κ3) is 3.75. The van der Waals surface area contributed by atoms with Crippen LogP contribution in [0.25, 0.3) is 0 Å². The molecule has 0 saturated heterocycles. The molecule has 0 amide bonds. The number of nitrogens with one attached hydrogen (secondary N) is 2. The van der Waals surface area contributed by atoms with Gasteiger partial charge in [0.25, 0.3) is 0 Å². The van der Waals surface area contributed by atoms with Crippen molar-refractivity contribution in [3.63, 3.8) is 0 Å². The van der Waals surface area contributed by atoms with Crippen molar-refractivity contribution >= 4 is 23.1 Å². The fraction of sp³-hybridized carbons (Fsp3) is 0.118. The number of anilines is 4. The second-order valence-corrected chi connectivity index (χ2v) is 5.25. The fourth-order valence-electron chi connectivity index (χ4n) is 2.16. The molecule has 0 spiro atoms. The van der Waals surface area contributed by atoms with Crippen LogP contribution in [-0.2, 0) is 6.54 Å². The van der Waals surface area contributed by atoms with Crippen LogP contribution in [0.1, 0.15) is 11.3 Å². The summed E-state index contributed by atoms with van der Waals surface area (Å²) in [7, 11) is 0. The molecule has 4 N–H and O–H groups in total. The lowest BCUT2D eigenvalue weighted by Crippen LogP contribution is -2.08. The Morgan fingerprint density at radius 1 is 1.04 bits per heavy atom. The number of nitrogen functional groups attached to an aromatic ring is 1. The topological polar surface area (TPSA) is 88.8 Å². The van der Waals surface area contributed by atoms with E-state index in [1.54, 1.807) is 12.1 Å². The van der Waals surface area contributed by atoms with Gasteiger partial charge in [-0.1, -0.05) is 18.2 Å². The van der Waals surface area contributed by atoms with E-state index in [0.29, 0.717) is 29.7 Å². The highest BCUT2D eigenvalue weighted by Gasteiger charge is 2.09. The maximum absolute atomic E-state index is 12.9. The number of halogens is 1. The van der Waals surface area contributed by atoms with E-state index in [1.165, 1.54) is 18.5 Å². The lowest BCUT2D eigenvalue weighted by molar-refractivity contribution is 0.627. The van der Waals surface area contributed by atoms with Gasteiger partial charge < -0.3 is 16.4 Å². The van der Waals surface area contributed by atoms with E-state index in [9.17, 15) is 4.39 Å². The Bertz CT molecular complexity index is 835. The Morgan fingerprint density at radius 3 is 2.54 bits per heavy atom. The standard InChI is InChI=1S/C17H17FN6/c1-11-3-2-4-14(23-11)24-17-15(19)16(21-10-22-17)20-9-12-5-7-13(18)8-6-12/h2-8,10H,9,19H2,1H3,(H2,20,21,22,23,24). The predicted octanol–water partition coefficient (Wildman–Crippen LogP) is 3.26. The molecule has 24 heavy (non-hydrogen) atoms. The average molecular weight is 324 g/mol. The molecule has 0 bridgehead atoms. The number of benzene rings is 1. The molecule has 0 unspecified atom stereocenters. The van der Waals surface area contributed by atoms with Crippen molar-refractivity contribution in [3.05, 3.63) is 65.9 Å². The molecule has 7 heteroatoms. The summed E-state index contributed by atoms with van der Waals surface area (Å²) in [4.78, 5) is 12.7. The second kappa shape index (κ2) is 6.91. The first kappa shape index (κ1) is 15.7. The van der Waals surface area contributed by atoms with Crippen molar-refractivity contribution in [1.82, 2.24) is 15.0 Å². The molecule has 0 saturated carbocycles. The van der Waals surface area contributed by atoms with E-state index in [2.05, 4.69) is 25.6 Å². The molecule has 0 radical (unpaired) electrons. The number of pyridine rings is 1. The summed E-state index contributed by atoms with van der Waals surface area (Å²) < 4.78 is 12.9. The summed E-state index contributed by atoms with van der Waals surface area (Å²) in [6, 6.07) is 11.9. The van der Waals surface area contributed by atoms with Gasteiger partial charge >= 0.3 is 0 Å². The van der Waals surface area contributed by atoms with Crippen LogP contribution in [0, 0.1) is 12.7 Å². The molecule has 0 aliphatic carbocycles. The number of hydrogen-bond acceptors (Lipinski definition) is 6. The van der Waals surface area contributed by atoms with E-state index in [1.807, 2.05) is 25.1 Å². The van der Waals surface area contributed by atoms with Crippen LogP contribution in [0.2, 0.25) is 0 Å². The minimum Gasteiger partial charge on any atom is -0.393 e. The first-order valence-electron chi connectivity index (χ1n) is 7.41. The Balaban J connectivity index is 1.74. The monoisotopic (exact) mass is 324 g/mol. The minimum atomic E-state index is -0.266. The van der Waals surface area contributed by atoms with Gasteiger partial charge in [-0.25, -0.2) is 19.3 Å². The lowest BCUT2D eigenvalue weighted by Gasteiger charge is -2.12. The van der Waals surface area contributed by atoms with Gasteiger partial charge in [0.1, 0.15) is 23.6 Å². The van der Waals surface area contributed by atoms with Crippen LogP contribution in [0.5, 0.6) is 0 Å². The highest BCUT2D eigenvalue weighted by molar-refractivity contribution is 5.76. The van der Waals surface area contributed by atoms with E-state index < -0.39 is 0 Å². The van der Waals surface area contributed by atoms with E-state index in [-0.39, 0.29) is 5.82 Å². The zero-order valence-electron chi connectivity index (χ0n) is 13.1. The molecule has 2 aromatic heterocycles. The Hall–Kier alpha value is -3.22. The molecule has 3 aromatic rings. The summed E-state index contributed by atoms with van der Waals surface area (Å²) in [6.45, 7) is 2.38. The van der Waals surface area contributed by atoms with Crippen LogP contribution in [-0.4, -0.2) is 15.0 Å². The summed E-state index contributed by atoms with van der Waals surface area (Å²) in [5.41, 5.74) is 8.32. The number of aryl methyl sites for hydroxylation is 1. The first-order valence-corrected chi connectivity index (χ1v) is 7.41. The quantitative estimate of drug-likeness (QED) is 0.667. The lowest BCUT2D eigenvalue weighted by atomic mass is 10.2. The van der Waals surface area contributed by atoms with Crippen molar-refractivity contribution in [2.75, 3.05) is 16.4 Å². The molecule has 0 aliphatic heterocycles. The third-order valence-corrected chi connectivity index (χ3v) is 3.39. The van der Waals surface area contributed by atoms with Gasteiger partial charge in [0.15, 0.2) is 11.6 Å². The number of hydrogen-bond donors (Lipinski definition) is 3. The number of nitrogens with zero attached hydrogens (tertiary/aromatic N) is 3. The van der Waals surface area contributed by atoms with Crippen molar-refractivity contribution in [2.45, 2.75) is 13.5 Å². The molecule has 0 atom stereocenters. The summed E-state index contributed by atoms with van der Waals surface area (Å²) in [6.07, 6.45) is 1.42. The maximum atomic E-state index is 12.9. The van der Waals surface area contributed by atoms with Gasteiger partial charge in [0.2, 0.25) is 0 Å². The normalized spacial score (nSPS) is 10.4. The van der Waals surface area contributed by atoms with E-state index in [4.69, 9.17) is 5.73 Å². The van der Waals surface area contributed by atoms with Crippen LogP contribution >= 0.6 is 0 Å². The SMILES string of the molecule is Cc1cccc(Nc2ncnc(NCc3ccc(F)cc3)c2N)n1. The molecule has 3 rings (SSSR count). The van der Waals surface area contributed by atoms with E-state index >= 15 is 0 Å². The van der Waals surface area contributed by atoms with Gasteiger partial charge in [-0.05, 0) is 36.8 Å². The van der Waals surface area contributed by atoms with Gasteiger partial charge in [-0.3, -0.25) is 0 Å². The van der Waals surface area contributed by atoms with Crippen molar-refractivity contribution in [1.29, 1.82) is 0 Å². The predicted molar refractivity (Wildman–Crippen MR) is 92.4 cm³/mol. The highest BCUT2D eigenvalue weighted by Crippen LogP contribution is 2.25. The van der Waals surface area contributed by atoms with Crippen molar-refractivity contribution in [3.8, 4) is 0 Å². The molecular weight excluding hydrogens is 307 g/mol. The van der Waals surface area contributed by atoms with E-state index in [0.717, 1.165) is 11.3 Å². The Labute approximate surface area is 139 Å². The molecule has 0 fully saturated rings. The largest absolute Gasteiger partial charge is 0.393 e. The Kier molecular flexibility index (Phi) is 4.51. The highest BCUT2D eigenvalue weighted by atomic mass is 19.1. The zero-order valence-corrected chi connectivity index (χ0v) is 13.1. The smallest absolute Gasteiger partial charge is 0.160 e. The number of aromatic nitrogens is 3. The van der Waals surface area contributed by atoms with Gasteiger partial charge in [-0.15, -0.1) is 0 Å². The van der Waals surface area contributed by atoms with Gasteiger partial charge in [0.05, 0.1) is 0 Å². The van der Waals surface area contributed by atoms with Crippen molar-refractivity contribution < 1.29 is 4.39 Å². The van der Waals surface area contributed by atoms with Crippen LogP contribution in [0.3, 0.4) is 0 Å². The summed E-state index contributed by atoms with van der Waals surface area (Å²) >= 11 is 0. The molecule has 2 heterocycles. The van der Waals surface area contributed by atoms with Crippen LogP contribution in [0.15, 0.2) is 48.8 Å². The fourth-order valence-corrected chi connectivity index (χ4v) is 2.16. The van der Waals surface area contributed by atoms with Gasteiger partial charge in [0, 0.05) is 12.2 Å². The molecule has 6 nitrogen and oxygen atoms in total. The first-order chi connectivity index (χ1) is 11.6. The summed E-state index contributed by atoms with van der Waals surface area (Å²) in [5.74, 6) is 1.37.